The predicted molar refractivity (Wildman–Crippen MR) is 126 cm³/mol. The molecule has 0 saturated carbocycles. The van der Waals surface area contributed by atoms with Gasteiger partial charge in [0.15, 0.2) is 5.69 Å². The van der Waals surface area contributed by atoms with E-state index >= 15 is 0 Å². The molecule has 3 N–H and O–H groups in total. The van der Waals surface area contributed by atoms with Crippen LogP contribution in [0.3, 0.4) is 0 Å². The summed E-state index contributed by atoms with van der Waals surface area (Å²) >= 11 is 6.17. The van der Waals surface area contributed by atoms with Crippen LogP contribution in [0, 0.1) is 6.92 Å². The number of aryl methyl sites for hydroxylation is 1. The Hall–Kier alpha value is -3.79. The van der Waals surface area contributed by atoms with Crippen molar-refractivity contribution < 1.29 is 14.3 Å². The average molecular weight is 470 g/mol. The zero-order valence-corrected chi connectivity index (χ0v) is 19.4. The van der Waals surface area contributed by atoms with Gasteiger partial charge in [-0.3, -0.25) is 19.7 Å². The number of ether oxygens (including phenoxy) is 1. The van der Waals surface area contributed by atoms with E-state index in [1.807, 2.05) is 26.8 Å². The quantitative estimate of drug-likeness (QED) is 0.510. The fourth-order valence-electron chi connectivity index (χ4n) is 3.57. The molecule has 2 aromatic heterocycles. The van der Waals surface area contributed by atoms with E-state index in [9.17, 15) is 9.59 Å². The van der Waals surface area contributed by atoms with Crippen LogP contribution in [-0.4, -0.2) is 51.6 Å². The van der Waals surface area contributed by atoms with Gasteiger partial charge >= 0.3 is 0 Å². The zero-order valence-electron chi connectivity index (χ0n) is 18.6. The van der Waals surface area contributed by atoms with E-state index in [-0.39, 0.29) is 23.5 Å². The third-order valence-corrected chi connectivity index (χ3v) is 5.27. The monoisotopic (exact) mass is 469 g/mol. The highest BCUT2D eigenvalue weighted by Gasteiger charge is 2.25. The number of halogens is 1. The number of fused-ring (bicyclic) bond motifs is 1. The lowest BCUT2D eigenvalue weighted by Gasteiger charge is -2.24. The number of anilines is 1. The van der Waals surface area contributed by atoms with E-state index in [2.05, 4.69) is 25.9 Å². The highest BCUT2D eigenvalue weighted by atomic mass is 35.5. The Balaban J connectivity index is 1.75. The Labute approximate surface area is 195 Å². The summed E-state index contributed by atoms with van der Waals surface area (Å²) in [5.41, 5.74) is 2.16. The summed E-state index contributed by atoms with van der Waals surface area (Å²) in [6.45, 7) is 5.90. The lowest BCUT2D eigenvalue weighted by atomic mass is 10.0. The number of aromatic nitrogens is 4. The summed E-state index contributed by atoms with van der Waals surface area (Å²) < 4.78 is 5.24. The number of H-pyrrole nitrogens is 1. The summed E-state index contributed by atoms with van der Waals surface area (Å²) in [6, 6.07) is 3.29. The molecule has 33 heavy (non-hydrogen) atoms. The molecule has 0 fully saturated rings. The van der Waals surface area contributed by atoms with Crippen LogP contribution >= 0.6 is 11.6 Å². The number of rotatable bonds is 6. The molecule has 1 aromatic carbocycles. The maximum absolute atomic E-state index is 13.4. The Bertz CT molecular complexity index is 1290. The SMILES string of the molecule is COc1cc(C(=O)Nc2c(C)cc3cn[nH]c3c2C(=O)NC(C)C)n(N2C=CC=C(Cl)C2)n1. The van der Waals surface area contributed by atoms with Crippen molar-refractivity contribution in [3.05, 3.63) is 58.5 Å². The summed E-state index contributed by atoms with van der Waals surface area (Å²) in [6.07, 6.45) is 6.91. The second kappa shape index (κ2) is 8.99. The molecule has 10 nitrogen and oxygen atoms in total. The Kier molecular flexibility index (Phi) is 6.10. The van der Waals surface area contributed by atoms with Crippen LogP contribution in [0.5, 0.6) is 5.88 Å². The number of amides is 2. The van der Waals surface area contributed by atoms with Crippen LogP contribution in [0.1, 0.15) is 40.3 Å². The maximum Gasteiger partial charge on any atom is 0.276 e. The number of carbonyl (C=O) groups excluding carboxylic acids is 2. The molecular formula is C22H24ClN7O3. The normalized spacial score (nSPS) is 13.4. The Morgan fingerprint density at radius 2 is 2.06 bits per heavy atom. The van der Waals surface area contributed by atoms with Crippen molar-refractivity contribution in [2.24, 2.45) is 0 Å². The highest BCUT2D eigenvalue weighted by molar-refractivity contribution is 6.30. The molecule has 0 saturated heterocycles. The molecular weight excluding hydrogens is 446 g/mol. The lowest BCUT2D eigenvalue weighted by molar-refractivity contribution is 0.0945. The van der Waals surface area contributed by atoms with Gasteiger partial charge < -0.3 is 15.4 Å². The van der Waals surface area contributed by atoms with Crippen molar-refractivity contribution in [3.8, 4) is 5.88 Å². The topological polar surface area (TPSA) is 117 Å². The van der Waals surface area contributed by atoms with Crippen LogP contribution < -0.4 is 20.4 Å². The number of hydrogen-bond donors (Lipinski definition) is 3. The predicted octanol–water partition coefficient (Wildman–Crippen LogP) is 3.05. The molecule has 3 heterocycles. The minimum Gasteiger partial charge on any atom is -0.480 e. The summed E-state index contributed by atoms with van der Waals surface area (Å²) in [7, 11) is 1.47. The van der Waals surface area contributed by atoms with Gasteiger partial charge in [-0.05, 0) is 44.6 Å². The fraction of sp³-hybridized carbons (Fsp3) is 0.273. The second-order valence-corrected chi connectivity index (χ2v) is 8.36. The first-order valence-corrected chi connectivity index (χ1v) is 10.7. The van der Waals surface area contributed by atoms with E-state index in [4.69, 9.17) is 16.3 Å². The Morgan fingerprint density at radius 3 is 2.76 bits per heavy atom. The van der Waals surface area contributed by atoms with E-state index in [0.29, 0.717) is 33.9 Å². The van der Waals surface area contributed by atoms with Gasteiger partial charge in [-0.1, -0.05) is 11.6 Å². The minimum absolute atomic E-state index is 0.0890. The minimum atomic E-state index is -0.467. The van der Waals surface area contributed by atoms with Crippen LogP contribution in [0.15, 0.2) is 41.7 Å². The zero-order chi connectivity index (χ0) is 23.7. The third kappa shape index (κ3) is 4.42. The van der Waals surface area contributed by atoms with Gasteiger partial charge in [0.2, 0.25) is 5.88 Å². The molecule has 1 aliphatic rings. The molecule has 1 aliphatic heterocycles. The van der Waals surface area contributed by atoms with Gasteiger partial charge in [0.25, 0.3) is 11.8 Å². The highest BCUT2D eigenvalue weighted by Crippen LogP contribution is 2.30. The number of hydrogen-bond acceptors (Lipinski definition) is 6. The van der Waals surface area contributed by atoms with Gasteiger partial charge in [-0.2, -0.15) is 9.89 Å². The molecule has 0 unspecified atom stereocenters. The van der Waals surface area contributed by atoms with E-state index in [0.717, 1.165) is 5.39 Å². The summed E-state index contributed by atoms with van der Waals surface area (Å²) in [5, 5.41) is 20.1. The van der Waals surface area contributed by atoms with Gasteiger partial charge in [-0.25, -0.2) is 0 Å². The van der Waals surface area contributed by atoms with Crippen molar-refractivity contribution in [3.63, 3.8) is 0 Å². The molecule has 2 amide bonds. The van der Waals surface area contributed by atoms with Crippen LogP contribution in [0.25, 0.3) is 10.9 Å². The molecule has 0 radical (unpaired) electrons. The number of carbonyl (C=O) groups is 2. The van der Waals surface area contributed by atoms with E-state index < -0.39 is 5.91 Å². The van der Waals surface area contributed by atoms with Gasteiger partial charge in [0.1, 0.15) is 0 Å². The molecule has 0 spiro atoms. The molecule has 172 valence electrons. The molecule has 0 bridgehead atoms. The average Bonchev–Trinajstić information content (AvgIpc) is 3.40. The number of allylic oxidation sites excluding steroid dienone is 2. The number of aromatic amines is 1. The lowest BCUT2D eigenvalue weighted by Crippen LogP contribution is -2.36. The van der Waals surface area contributed by atoms with Crippen molar-refractivity contribution in [1.82, 2.24) is 25.4 Å². The van der Waals surface area contributed by atoms with Crippen LogP contribution in [-0.2, 0) is 0 Å². The number of methoxy groups -OCH3 is 1. The summed E-state index contributed by atoms with van der Waals surface area (Å²) in [4.78, 5) is 27.9. The van der Waals surface area contributed by atoms with Crippen molar-refractivity contribution in [2.75, 3.05) is 24.0 Å². The summed E-state index contributed by atoms with van der Waals surface area (Å²) in [5.74, 6) is -0.525. The number of benzene rings is 1. The largest absolute Gasteiger partial charge is 0.480 e. The van der Waals surface area contributed by atoms with E-state index in [1.165, 1.54) is 18.0 Å². The first-order valence-electron chi connectivity index (χ1n) is 10.3. The van der Waals surface area contributed by atoms with Gasteiger partial charge in [0.05, 0.1) is 36.6 Å². The van der Waals surface area contributed by atoms with Gasteiger partial charge in [-0.15, -0.1) is 5.10 Å². The standard InChI is InChI=1S/C22H24ClN7O3/c1-12(2)25-22(32)18-19(13(3)8-14-10-24-27-20(14)18)26-21(31)16-9-17(33-4)28-30(16)29-7-5-6-15(23)11-29/h5-10,12H,11H2,1-4H3,(H,24,27)(H,25,32)(H,26,31). The first kappa shape index (κ1) is 22.4. The van der Waals surface area contributed by atoms with Gasteiger partial charge in [0, 0.05) is 28.7 Å². The smallest absolute Gasteiger partial charge is 0.276 e. The molecule has 11 heteroatoms. The number of nitrogens with one attached hydrogen (secondary N) is 3. The third-order valence-electron chi connectivity index (χ3n) is 5.02. The first-order chi connectivity index (χ1) is 15.8. The Morgan fingerprint density at radius 1 is 1.27 bits per heavy atom. The van der Waals surface area contributed by atoms with E-state index in [1.54, 1.807) is 29.6 Å². The second-order valence-electron chi connectivity index (χ2n) is 7.87. The molecule has 0 atom stereocenters. The fourth-order valence-corrected chi connectivity index (χ4v) is 3.77. The molecule has 4 rings (SSSR count). The maximum atomic E-state index is 13.4. The molecule has 0 aliphatic carbocycles. The van der Waals surface area contributed by atoms with Crippen molar-refractivity contribution >= 4 is 40.0 Å². The van der Waals surface area contributed by atoms with Crippen molar-refractivity contribution in [2.45, 2.75) is 26.8 Å². The van der Waals surface area contributed by atoms with Crippen molar-refractivity contribution in [1.29, 1.82) is 0 Å². The van der Waals surface area contributed by atoms with Crippen LogP contribution in [0.2, 0.25) is 0 Å². The number of nitrogens with zero attached hydrogens (tertiary/aromatic N) is 4. The molecule has 3 aromatic rings. The van der Waals surface area contributed by atoms with Crippen LogP contribution in [0.4, 0.5) is 5.69 Å².